The van der Waals surface area contributed by atoms with Crippen molar-refractivity contribution in [3.8, 4) is 28.5 Å². The zero-order chi connectivity index (χ0) is 20.4. The van der Waals surface area contributed by atoms with Crippen LogP contribution in [0, 0.1) is 11.8 Å². The number of thiazole rings is 1. The minimum absolute atomic E-state index is 0.124. The molecule has 0 spiro atoms. The number of carbonyl (C=O) groups excluding carboxylic acids is 2. The molecule has 2 aromatic rings. The number of hydrogen-bond acceptors (Lipinski definition) is 6. The molecular formula is C20H23N3O4S. The van der Waals surface area contributed by atoms with Crippen molar-refractivity contribution in [2.24, 2.45) is 0 Å². The minimum Gasteiger partial charge on any atom is -0.431 e. The molecule has 0 fully saturated rings. The molecule has 0 aliphatic heterocycles. The number of ether oxygens (including phenoxy) is 2. The molecule has 2 amide bonds. The number of carbonyl (C=O) groups is 2. The number of hydrogen-bond donors (Lipinski definition) is 2. The summed E-state index contributed by atoms with van der Waals surface area (Å²) < 4.78 is 10.9. The third-order valence-electron chi connectivity index (χ3n) is 3.36. The summed E-state index contributed by atoms with van der Waals surface area (Å²) in [4.78, 5) is 27.5. The molecule has 148 valence electrons. The Morgan fingerprint density at radius 3 is 2.64 bits per heavy atom. The largest absolute Gasteiger partial charge is 0.431 e. The van der Waals surface area contributed by atoms with Crippen LogP contribution in [0.5, 0.6) is 16.7 Å². The first kappa shape index (κ1) is 21.3. The van der Waals surface area contributed by atoms with Crippen molar-refractivity contribution in [1.82, 2.24) is 15.6 Å². The average Bonchev–Trinajstić information content (AvgIpc) is 3.09. The van der Waals surface area contributed by atoms with E-state index in [9.17, 15) is 9.59 Å². The molecule has 1 unspecified atom stereocenters. The zero-order valence-corrected chi connectivity index (χ0v) is 16.9. The quantitative estimate of drug-likeness (QED) is 0.545. The summed E-state index contributed by atoms with van der Waals surface area (Å²) in [5.74, 6) is 6.76. The van der Waals surface area contributed by atoms with Crippen LogP contribution in [-0.2, 0) is 4.79 Å². The molecule has 7 nitrogen and oxygen atoms in total. The van der Waals surface area contributed by atoms with Crippen LogP contribution < -0.4 is 20.1 Å². The summed E-state index contributed by atoms with van der Waals surface area (Å²) in [6.07, 6.45) is 3.06. The standard InChI is InChI=1S/C20H23N3O4S/c1-4-5-12-21-19(25)26-16-7-9-17(10-8-16)27-20-22-13-18(28-20)11-6-14(2)23-15(3)24/h7-10,13-14H,4-5,12H2,1-3H3,(H,21,25)(H,23,24). The van der Waals surface area contributed by atoms with Crippen molar-refractivity contribution in [1.29, 1.82) is 0 Å². The van der Waals surface area contributed by atoms with Crippen molar-refractivity contribution in [2.75, 3.05) is 6.54 Å². The van der Waals surface area contributed by atoms with Crippen LogP contribution in [0.15, 0.2) is 30.5 Å². The lowest BCUT2D eigenvalue weighted by Crippen LogP contribution is -2.28. The highest BCUT2D eigenvalue weighted by molar-refractivity contribution is 7.13. The first-order chi connectivity index (χ1) is 13.5. The van der Waals surface area contributed by atoms with E-state index >= 15 is 0 Å². The maximum Gasteiger partial charge on any atom is 0.412 e. The van der Waals surface area contributed by atoms with Gasteiger partial charge in [-0.3, -0.25) is 4.79 Å². The topological polar surface area (TPSA) is 89.6 Å². The molecule has 1 aromatic carbocycles. The Bertz CT molecular complexity index is 852. The van der Waals surface area contributed by atoms with E-state index in [1.54, 1.807) is 37.4 Å². The van der Waals surface area contributed by atoms with E-state index in [2.05, 4.69) is 34.4 Å². The first-order valence-electron chi connectivity index (χ1n) is 8.94. The van der Waals surface area contributed by atoms with Gasteiger partial charge in [0.15, 0.2) is 0 Å². The van der Waals surface area contributed by atoms with Gasteiger partial charge in [-0.25, -0.2) is 9.78 Å². The third-order valence-corrected chi connectivity index (χ3v) is 4.15. The van der Waals surface area contributed by atoms with Crippen molar-refractivity contribution in [3.63, 3.8) is 0 Å². The van der Waals surface area contributed by atoms with Crippen LogP contribution >= 0.6 is 11.3 Å². The highest BCUT2D eigenvalue weighted by Crippen LogP contribution is 2.27. The number of aromatic nitrogens is 1. The smallest absolute Gasteiger partial charge is 0.412 e. The van der Waals surface area contributed by atoms with Gasteiger partial charge in [0, 0.05) is 13.5 Å². The van der Waals surface area contributed by atoms with Gasteiger partial charge < -0.3 is 20.1 Å². The predicted molar refractivity (Wildman–Crippen MR) is 108 cm³/mol. The van der Waals surface area contributed by atoms with Crippen LogP contribution in [0.4, 0.5) is 4.79 Å². The van der Waals surface area contributed by atoms with Gasteiger partial charge in [-0.2, -0.15) is 0 Å². The highest BCUT2D eigenvalue weighted by atomic mass is 32.1. The summed E-state index contributed by atoms with van der Waals surface area (Å²) in [7, 11) is 0. The number of amides is 2. The van der Waals surface area contributed by atoms with Crippen LogP contribution in [0.2, 0.25) is 0 Å². The summed E-state index contributed by atoms with van der Waals surface area (Å²) in [5.41, 5.74) is 0. The van der Waals surface area contributed by atoms with Gasteiger partial charge in [-0.05, 0) is 37.6 Å². The van der Waals surface area contributed by atoms with E-state index in [4.69, 9.17) is 9.47 Å². The number of rotatable bonds is 7. The monoisotopic (exact) mass is 401 g/mol. The van der Waals surface area contributed by atoms with Crippen molar-refractivity contribution in [2.45, 2.75) is 39.7 Å². The number of benzene rings is 1. The maximum absolute atomic E-state index is 11.6. The molecule has 0 saturated carbocycles. The molecule has 1 atom stereocenters. The van der Waals surface area contributed by atoms with E-state index in [1.807, 2.05) is 0 Å². The Hall–Kier alpha value is -3.05. The van der Waals surface area contributed by atoms with Crippen molar-refractivity contribution < 1.29 is 19.1 Å². The lowest BCUT2D eigenvalue weighted by atomic mass is 10.3. The molecule has 8 heteroatoms. The summed E-state index contributed by atoms with van der Waals surface area (Å²) in [6.45, 7) is 5.90. The lowest BCUT2D eigenvalue weighted by Gasteiger charge is -2.07. The summed E-state index contributed by atoms with van der Waals surface area (Å²) >= 11 is 1.30. The van der Waals surface area contributed by atoms with Gasteiger partial charge in [0.05, 0.1) is 12.2 Å². The number of unbranched alkanes of at least 4 members (excludes halogenated alkanes) is 1. The average molecular weight is 401 g/mol. The first-order valence-corrected chi connectivity index (χ1v) is 9.76. The summed E-state index contributed by atoms with van der Waals surface area (Å²) in [6, 6.07) is 6.45. The number of nitrogens with one attached hydrogen (secondary N) is 2. The molecule has 2 rings (SSSR count). The molecular weight excluding hydrogens is 378 g/mol. The molecule has 0 saturated heterocycles. The van der Waals surface area contributed by atoms with Gasteiger partial charge in [0.25, 0.3) is 5.19 Å². The maximum atomic E-state index is 11.6. The molecule has 1 aromatic heterocycles. The van der Waals surface area contributed by atoms with Crippen molar-refractivity contribution in [3.05, 3.63) is 35.3 Å². The van der Waals surface area contributed by atoms with E-state index in [-0.39, 0.29) is 11.9 Å². The SMILES string of the molecule is CCCCNC(=O)Oc1ccc(Oc2ncc(C#CC(C)NC(C)=O)s2)cc1. The highest BCUT2D eigenvalue weighted by Gasteiger charge is 2.06. The molecule has 1 heterocycles. The van der Waals surface area contributed by atoms with Crippen molar-refractivity contribution >= 4 is 23.3 Å². The van der Waals surface area contributed by atoms with E-state index in [1.165, 1.54) is 18.3 Å². The number of nitrogens with zero attached hydrogens (tertiary/aromatic N) is 1. The molecule has 2 N–H and O–H groups in total. The fraction of sp³-hybridized carbons (Fsp3) is 0.350. The predicted octanol–water partition coefficient (Wildman–Crippen LogP) is 3.70. The minimum atomic E-state index is -0.473. The second kappa shape index (κ2) is 10.9. The lowest BCUT2D eigenvalue weighted by molar-refractivity contribution is -0.119. The third kappa shape index (κ3) is 7.68. The fourth-order valence-electron chi connectivity index (χ4n) is 2.07. The Kier molecular flexibility index (Phi) is 8.31. The van der Waals surface area contributed by atoms with Crippen LogP contribution in [-0.4, -0.2) is 29.6 Å². The molecule has 0 radical (unpaired) electrons. The fourth-order valence-corrected chi connectivity index (χ4v) is 2.72. The summed E-state index contributed by atoms with van der Waals surface area (Å²) in [5, 5.41) is 5.82. The van der Waals surface area contributed by atoms with Gasteiger partial charge in [0.1, 0.15) is 16.4 Å². The van der Waals surface area contributed by atoms with Gasteiger partial charge >= 0.3 is 6.09 Å². The molecule has 0 aliphatic rings. The van der Waals surface area contributed by atoms with E-state index in [0.29, 0.717) is 23.2 Å². The normalized spacial score (nSPS) is 11.0. The Morgan fingerprint density at radius 1 is 1.25 bits per heavy atom. The van der Waals surface area contributed by atoms with Crippen LogP contribution in [0.1, 0.15) is 38.5 Å². The van der Waals surface area contributed by atoms with Crippen LogP contribution in [0.25, 0.3) is 0 Å². The second-order valence-electron chi connectivity index (χ2n) is 5.93. The van der Waals surface area contributed by atoms with E-state index < -0.39 is 6.09 Å². The Labute approximate surface area is 168 Å². The second-order valence-corrected chi connectivity index (χ2v) is 6.92. The molecule has 28 heavy (non-hydrogen) atoms. The zero-order valence-electron chi connectivity index (χ0n) is 16.1. The van der Waals surface area contributed by atoms with Gasteiger partial charge in [0.2, 0.25) is 5.91 Å². The van der Waals surface area contributed by atoms with Gasteiger partial charge in [-0.15, -0.1) is 0 Å². The molecule has 0 aliphatic carbocycles. The van der Waals surface area contributed by atoms with Crippen LogP contribution in [0.3, 0.4) is 0 Å². The Balaban J connectivity index is 1.87. The van der Waals surface area contributed by atoms with Gasteiger partial charge in [-0.1, -0.05) is 36.5 Å². The molecule has 0 bridgehead atoms. The van der Waals surface area contributed by atoms with E-state index in [0.717, 1.165) is 17.7 Å². The Morgan fingerprint density at radius 2 is 1.96 bits per heavy atom.